The normalized spacial score (nSPS) is 20.6. The number of hydrogen-bond acceptors (Lipinski definition) is 3. The van der Waals surface area contributed by atoms with E-state index in [0.29, 0.717) is 31.1 Å². The molecular weight excluding hydrogens is 441 g/mol. The Morgan fingerprint density at radius 2 is 1.67 bits per heavy atom. The molecule has 0 N–H and O–H groups in total. The van der Waals surface area contributed by atoms with Crippen LogP contribution in [0.15, 0.2) is 78.9 Å². The monoisotopic (exact) mass is 467 g/mol. The van der Waals surface area contributed by atoms with Crippen molar-refractivity contribution in [2.45, 2.75) is 38.3 Å². The van der Waals surface area contributed by atoms with E-state index in [9.17, 15) is 9.18 Å². The van der Waals surface area contributed by atoms with Gasteiger partial charge < -0.3 is 14.4 Å². The van der Waals surface area contributed by atoms with Crippen molar-refractivity contribution < 1.29 is 18.7 Å². The number of likely N-dealkylation sites (tertiary alicyclic amines) is 1. The Hall–Kier alpha value is -2.73. The quantitative estimate of drug-likeness (QED) is 0.445. The van der Waals surface area contributed by atoms with Crippen LogP contribution in [0.3, 0.4) is 0 Å². The second-order valence-electron chi connectivity index (χ2n) is 8.31. The van der Waals surface area contributed by atoms with Gasteiger partial charge in [-0.05, 0) is 41.0 Å². The molecule has 1 aliphatic rings. The van der Waals surface area contributed by atoms with Gasteiger partial charge in [0.05, 0.1) is 19.8 Å². The SMILES string of the molecule is CC(=O)N1CCC(OCc2ccccc2)(c2ccc(Cl)cc2)C(OCc2ccc(F)cc2)C1. The van der Waals surface area contributed by atoms with Gasteiger partial charge in [0, 0.05) is 24.9 Å². The van der Waals surface area contributed by atoms with Crippen LogP contribution in [0.5, 0.6) is 0 Å². The zero-order chi connectivity index (χ0) is 23.3. The highest BCUT2D eigenvalue weighted by Crippen LogP contribution is 2.40. The van der Waals surface area contributed by atoms with Crippen LogP contribution in [-0.2, 0) is 33.1 Å². The molecule has 1 saturated heterocycles. The summed E-state index contributed by atoms with van der Waals surface area (Å²) in [5, 5.41) is 0.641. The summed E-state index contributed by atoms with van der Waals surface area (Å²) in [5.74, 6) is -0.293. The van der Waals surface area contributed by atoms with E-state index in [2.05, 4.69) is 0 Å². The van der Waals surface area contributed by atoms with Crippen LogP contribution < -0.4 is 0 Å². The molecule has 0 aliphatic carbocycles. The first-order valence-corrected chi connectivity index (χ1v) is 11.4. The van der Waals surface area contributed by atoms with Gasteiger partial charge in [-0.15, -0.1) is 0 Å². The molecule has 0 bridgehead atoms. The molecule has 2 unspecified atom stereocenters. The molecule has 172 valence electrons. The topological polar surface area (TPSA) is 38.8 Å². The average Bonchev–Trinajstić information content (AvgIpc) is 2.83. The summed E-state index contributed by atoms with van der Waals surface area (Å²) in [7, 11) is 0. The first kappa shape index (κ1) is 23.4. The predicted octanol–water partition coefficient (Wildman–Crippen LogP) is 5.73. The van der Waals surface area contributed by atoms with E-state index >= 15 is 0 Å². The minimum atomic E-state index is -0.771. The molecule has 4 rings (SSSR count). The van der Waals surface area contributed by atoms with Crippen LogP contribution in [0, 0.1) is 5.82 Å². The van der Waals surface area contributed by atoms with Crippen molar-refractivity contribution in [1.29, 1.82) is 0 Å². The van der Waals surface area contributed by atoms with Gasteiger partial charge in [0.1, 0.15) is 17.5 Å². The number of amides is 1. The van der Waals surface area contributed by atoms with Crippen LogP contribution in [0.1, 0.15) is 30.0 Å². The Labute approximate surface area is 198 Å². The number of carbonyl (C=O) groups is 1. The van der Waals surface area contributed by atoms with Crippen LogP contribution in [0.4, 0.5) is 4.39 Å². The van der Waals surface area contributed by atoms with Crippen LogP contribution >= 0.6 is 11.6 Å². The highest BCUT2D eigenvalue weighted by atomic mass is 35.5. The molecule has 1 heterocycles. The lowest BCUT2D eigenvalue weighted by molar-refractivity contribution is -0.195. The Balaban J connectivity index is 1.66. The second-order valence-corrected chi connectivity index (χ2v) is 8.75. The average molecular weight is 468 g/mol. The molecule has 0 saturated carbocycles. The van der Waals surface area contributed by atoms with Gasteiger partial charge in [-0.2, -0.15) is 0 Å². The number of carbonyl (C=O) groups excluding carboxylic acids is 1. The molecule has 33 heavy (non-hydrogen) atoms. The Kier molecular flexibility index (Phi) is 7.43. The third-order valence-electron chi connectivity index (χ3n) is 6.14. The second kappa shape index (κ2) is 10.5. The van der Waals surface area contributed by atoms with Crippen molar-refractivity contribution in [2.24, 2.45) is 0 Å². The van der Waals surface area contributed by atoms with Gasteiger partial charge in [-0.3, -0.25) is 4.79 Å². The maximum absolute atomic E-state index is 13.3. The molecule has 0 spiro atoms. The molecular formula is C27H27ClFNO3. The van der Waals surface area contributed by atoms with Gasteiger partial charge in [0.15, 0.2) is 0 Å². The lowest BCUT2D eigenvalue weighted by atomic mass is 9.81. The minimum Gasteiger partial charge on any atom is -0.368 e. The van der Waals surface area contributed by atoms with Crippen molar-refractivity contribution in [3.05, 3.63) is 106 Å². The molecule has 2 atom stereocenters. The van der Waals surface area contributed by atoms with Gasteiger partial charge in [-0.25, -0.2) is 4.39 Å². The fraction of sp³-hybridized carbons (Fsp3) is 0.296. The number of benzene rings is 3. The first-order chi connectivity index (χ1) is 16.0. The number of ether oxygens (including phenoxy) is 2. The van der Waals surface area contributed by atoms with E-state index in [4.69, 9.17) is 21.1 Å². The van der Waals surface area contributed by atoms with Crippen LogP contribution in [0.2, 0.25) is 5.02 Å². The fourth-order valence-corrected chi connectivity index (χ4v) is 4.37. The maximum Gasteiger partial charge on any atom is 0.219 e. The maximum atomic E-state index is 13.3. The Bertz CT molecular complexity index is 1060. The summed E-state index contributed by atoms with van der Waals surface area (Å²) in [6, 6.07) is 23.8. The molecule has 1 fully saturated rings. The molecule has 3 aromatic rings. The van der Waals surface area contributed by atoms with Gasteiger partial charge in [-0.1, -0.05) is 66.2 Å². The summed E-state index contributed by atoms with van der Waals surface area (Å²) < 4.78 is 26.4. The first-order valence-electron chi connectivity index (χ1n) is 11.0. The number of hydrogen-bond donors (Lipinski definition) is 0. The van der Waals surface area contributed by atoms with Crippen molar-refractivity contribution in [2.75, 3.05) is 13.1 Å². The van der Waals surface area contributed by atoms with E-state index in [0.717, 1.165) is 16.7 Å². The molecule has 1 amide bonds. The van der Waals surface area contributed by atoms with Gasteiger partial charge in [0.2, 0.25) is 5.91 Å². The zero-order valence-electron chi connectivity index (χ0n) is 18.5. The van der Waals surface area contributed by atoms with E-state index in [1.807, 2.05) is 54.6 Å². The fourth-order valence-electron chi connectivity index (χ4n) is 4.25. The van der Waals surface area contributed by atoms with Crippen molar-refractivity contribution in [3.8, 4) is 0 Å². The molecule has 0 aromatic heterocycles. The lowest BCUT2D eigenvalue weighted by Gasteiger charge is -2.47. The summed E-state index contributed by atoms with van der Waals surface area (Å²) in [6.45, 7) is 3.20. The number of piperidine rings is 1. The van der Waals surface area contributed by atoms with Gasteiger partial charge in [0.25, 0.3) is 0 Å². The largest absolute Gasteiger partial charge is 0.368 e. The number of rotatable bonds is 7. The molecule has 4 nitrogen and oxygen atoms in total. The van der Waals surface area contributed by atoms with E-state index < -0.39 is 11.7 Å². The highest BCUT2D eigenvalue weighted by molar-refractivity contribution is 6.30. The zero-order valence-corrected chi connectivity index (χ0v) is 19.3. The van der Waals surface area contributed by atoms with Crippen molar-refractivity contribution in [1.82, 2.24) is 4.90 Å². The molecule has 1 aliphatic heterocycles. The van der Waals surface area contributed by atoms with Crippen molar-refractivity contribution in [3.63, 3.8) is 0 Å². The summed E-state index contributed by atoms with van der Waals surface area (Å²) in [5.41, 5.74) is 2.09. The summed E-state index contributed by atoms with van der Waals surface area (Å²) in [4.78, 5) is 14.0. The number of halogens is 2. The molecule has 3 aromatic carbocycles. The van der Waals surface area contributed by atoms with E-state index in [-0.39, 0.29) is 18.3 Å². The van der Waals surface area contributed by atoms with E-state index in [1.165, 1.54) is 12.1 Å². The summed E-state index contributed by atoms with van der Waals surface area (Å²) >= 11 is 6.17. The third kappa shape index (κ3) is 5.61. The summed E-state index contributed by atoms with van der Waals surface area (Å²) in [6.07, 6.45) is 0.153. The standard InChI is InChI=1S/C27H27ClFNO3/c1-20(31)30-16-15-27(23-9-11-24(28)12-10-23,33-19-21-5-3-2-4-6-21)26(17-30)32-18-22-7-13-25(29)14-8-22/h2-14,26H,15-19H2,1H3. The molecule has 6 heteroatoms. The van der Waals surface area contributed by atoms with Crippen LogP contribution in [0.25, 0.3) is 0 Å². The Morgan fingerprint density at radius 3 is 2.33 bits per heavy atom. The third-order valence-corrected chi connectivity index (χ3v) is 6.39. The minimum absolute atomic E-state index is 0.00172. The Morgan fingerprint density at radius 1 is 1.00 bits per heavy atom. The molecule has 0 radical (unpaired) electrons. The van der Waals surface area contributed by atoms with E-state index in [1.54, 1.807) is 24.0 Å². The highest BCUT2D eigenvalue weighted by Gasteiger charge is 2.47. The van der Waals surface area contributed by atoms with Gasteiger partial charge >= 0.3 is 0 Å². The van der Waals surface area contributed by atoms with Crippen molar-refractivity contribution >= 4 is 17.5 Å². The lowest BCUT2D eigenvalue weighted by Crippen LogP contribution is -2.56. The van der Waals surface area contributed by atoms with Crippen LogP contribution in [-0.4, -0.2) is 30.0 Å². The smallest absolute Gasteiger partial charge is 0.219 e. The number of nitrogens with zero attached hydrogens (tertiary/aromatic N) is 1. The predicted molar refractivity (Wildman–Crippen MR) is 126 cm³/mol.